The van der Waals surface area contributed by atoms with Crippen molar-refractivity contribution in [3.63, 3.8) is 0 Å². The summed E-state index contributed by atoms with van der Waals surface area (Å²) in [7, 11) is 0. The fourth-order valence-electron chi connectivity index (χ4n) is 0.646. The van der Waals surface area contributed by atoms with Gasteiger partial charge in [0.2, 0.25) is 6.23 Å². The summed E-state index contributed by atoms with van der Waals surface area (Å²) in [5.41, 5.74) is 0. The Morgan fingerprint density at radius 2 is 2.75 bits per heavy atom. The summed E-state index contributed by atoms with van der Waals surface area (Å²) in [5.74, 6) is 0. The molecule has 0 aromatic heterocycles. The van der Waals surface area contributed by atoms with Crippen LogP contribution in [0.15, 0.2) is 11.5 Å². The lowest BCUT2D eigenvalue weighted by Crippen LogP contribution is -2.46. The summed E-state index contributed by atoms with van der Waals surface area (Å²) < 4.78 is 6.21. The van der Waals surface area contributed by atoms with Gasteiger partial charge in [0.25, 0.3) is 0 Å². The minimum absolute atomic E-state index is 0.0625. The average molecular weight is 129 g/mol. The zero-order valence-electron chi connectivity index (χ0n) is 3.90. The minimum Gasteiger partial charge on any atom is -0.420 e. The van der Waals surface area contributed by atoms with Crippen LogP contribution >= 0.6 is 11.9 Å². The standard InChI is InChI=1S/C4H3NO2S/c6-4-5-3(7-4)1-2-8-5/h1-3H. The van der Waals surface area contributed by atoms with E-state index in [-0.39, 0.29) is 12.3 Å². The van der Waals surface area contributed by atoms with Crippen molar-refractivity contribution in [1.29, 1.82) is 0 Å². The van der Waals surface area contributed by atoms with E-state index in [9.17, 15) is 4.79 Å². The number of amides is 1. The van der Waals surface area contributed by atoms with E-state index in [4.69, 9.17) is 0 Å². The molecule has 42 valence electrons. The zero-order chi connectivity index (χ0) is 5.56. The summed E-state index contributed by atoms with van der Waals surface area (Å²) in [6.07, 6.45) is 1.55. The van der Waals surface area contributed by atoms with Crippen LogP contribution in [0.1, 0.15) is 0 Å². The number of carbonyl (C=O) groups excluding carboxylic acids is 1. The third kappa shape index (κ3) is 0.338. The Morgan fingerprint density at radius 1 is 1.88 bits per heavy atom. The van der Waals surface area contributed by atoms with Crippen LogP contribution in [-0.2, 0) is 4.74 Å². The van der Waals surface area contributed by atoms with Crippen LogP contribution in [0.2, 0.25) is 0 Å². The van der Waals surface area contributed by atoms with E-state index >= 15 is 0 Å². The van der Waals surface area contributed by atoms with Gasteiger partial charge in [-0.05, 0) is 23.4 Å². The van der Waals surface area contributed by atoms with Gasteiger partial charge < -0.3 is 4.74 Å². The van der Waals surface area contributed by atoms with Crippen molar-refractivity contribution in [3.8, 4) is 0 Å². The number of nitrogens with zero attached hydrogens (tertiary/aromatic N) is 1. The number of hydrogen-bond donors (Lipinski definition) is 0. The Bertz CT molecular complexity index is 167. The molecular formula is C4H3NO2S. The van der Waals surface area contributed by atoms with Crippen LogP contribution in [0.3, 0.4) is 0 Å². The Labute approximate surface area is 50.4 Å². The predicted molar refractivity (Wildman–Crippen MR) is 28.8 cm³/mol. The van der Waals surface area contributed by atoms with E-state index in [1.54, 1.807) is 4.31 Å². The third-order valence-electron chi connectivity index (χ3n) is 1.05. The van der Waals surface area contributed by atoms with Gasteiger partial charge in [0.1, 0.15) is 0 Å². The molecule has 1 atom stereocenters. The van der Waals surface area contributed by atoms with Crippen LogP contribution in [0, 0.1) is 0 Å². The molecule has 1 saturated heterocycles. The van der Waals surface area contributed by atoms with Crippen molar-refractivity contribution >= 4 is 18.0 Å². The summed E-state index contributed by atoms with van der Waals surface area (Å²) in [5, 5.41) is 1.84. The first-order valence-corrected chi connectivity index (χ1v) is 3.05. The first-order chi connectivity index (χ1) is 3.88. The molecule has 0 aromatic carbocycles. The maximum Gasteiger partial charge on any atom is 0.425 e. The van der Waals surface area contributed by atoms with Crippen LogP contribution in [0.25, 0.3) is 0 Å². The summed E-state index contributed by atoms with van der Waals surface area (Å²) in [6.45, 7) is 0. The highest BCUT2D eigenvalue weighted by Crippen LogP contribution is 2.33. The molecule has 2 rings (SSSR count). The Morgan fingerprint density at radius 3 is 3.25 bits per heavy atom. The molecule has 1 fully saturated rings. The first kappa shape index (κ1) is 4.26. The van der Waals surface area contributed by atoms with Crippen LogP contribution in [0.5, 0.6) is 0 Å². The lowest BCUT2D eigenvalue weighted by atomic mass is 10.5. The van der Waals surface area contributed by atoms with E-state index in [0.717, 1.165) is 0 Å². The van der Waals surface area contributed by atoms with Gasteiger partial charge in [0.05, 0.1) is 0 Å². The molecule has 2 heterocycles. The van der Waals surface area contributed by atoms with Gasteiger partial charge in [-0.15, -0.1) is 0 Å². The molecule has 0 aliphatic carbocycles. The maximum atomic E-state index is 10.4. The van der Waals surface area contributed by atoms with Gasteiger partial charge in [0.15, 0.2) is 0 Å². The molecule has 0 spiro atoms. The lowest BCUT2D eigenvalue weighted by Gasteiger charge is -2.31. The van der Waals surface area contributed by atoms with Crippen LogP contribution in [-0.4, -0.2) is 16.6 Å². The van der Waals surface area contributed by atoms with Gasteiger partial charge in [-0.2, -0.15) is 0 Å². The molecule has 0 aromatic rings. The van der Waals surface area contributed by atoms with Crippen molar-refractivity contribution in [2.75, 3.05) is 0 Å². The van der Waals surface area contributed by atoms with E-state index in [1.165, 1.54) is 11.9 Å². The molecule has 3 nitrogen and oxygen atoms in total. The first-order valence-electron chi connectivity index (χ1n) is 2.21. The second-order valence-electron chi connectivity index (χ2n) is 1.53. The topological polar surface area (TPSA) is 29.5 Å². The Balaban J connectivity index is 2.19. The number of rotatable bonds is 0. The van der Waals surface area contributed by atoms with E-state index in [1.807, 2.05) is 11.5 Å². The number of ether oxygens (including phenoxy) is 1. The van der Waals surface area contributed by atoms with Crippen molar-refractivity contribution < 1.29 is 9.53 Å². The van der Waals surface area contributed by atoms with Crippen molar-refractivity contribution in [3.05, 3.63) is 11.5 Å². The Hall–Kier alpha value is -0.640. The fourth-order valence-corrected chi connectivity index (χ4v) is 1.34. The van der Waals surface area contributed by atoms with Gasteiger partial charge in [-0.25, -0.2) is 9.10 Å². The molecule has 1 unspecified atom stereocenters. The highest BCUT2D eigenvalue weighted by molar-refractivity contribution is 8.00. The molecule has 2 aliphatic heterocycles. The number of carbonyl (C=O) groups is 1. The lowest BCUT2D eigenvalue weighted by molar-refractivity contribution is -0.0128. The summed E-state index contributed by atoms with van der Waals surface area (Å²) in [4.78, 5) is 10.4. The molecule has 1 amide bonds. The van der Waals surface area contributed by atoms with Gasteiger partial charge in [-0.1, -0.05) is 0 Å². The highest BCUT2D eigenvalue weighted by atomic mass is 32.2. The SMILES string of the molecule is O=C1OC2C=CSN12. The molecule has 2 aliphatic rings. The van der Waals surface area contributed by atoms with Gasteiger partial charge in [-0.3, -0.25) is 0 Å². The van der Waals surface area contributed by atoms with Crippen LogP contribution in [0.4, 0.5) is 4.79 Å². The van der Waals surface area contributed by atoms with Crippen molar-refractivity contribution in [2.45, 2.75) is 6.23 Å². The Kier molecular flexibility index (Phi) is 0.637. The molecule has 0 bridgehead atoms. The molecule has 4 heteroatoms. The second kappa shape index (κ2) is 1.20. The second-order valence-corrected chi connectivity index (χ2v) is 2.41. The smallest absolute Gasteiger partial charge is 0.420 e. The molecule has 0 saturated carbocycles. The molecule has 0 N–H and O–H groups in total. The third-order valence-corrected chi connectivity index (χ3v) is 1.91. The quantitative estimate of drug-likeness (QED) is 0.456. The maximum absolute atomic E-state index is 10.4. The van der Waals surface area contributed by atoms with E-state index < -0.39 is 0 Å². The molecular weight excluding hydrogens is 126 g/mol. The average Bonchev–Trinajstić information content (AvgIpc) is 2.09. The van der Waals surface area contributed by atoms with Gasteiger partial charge >= 0.3 is 6.09 Å². The van der Waals surface area contributed by atoms with Crippen molar-refractivity contribution in [2.24, 2.45) is 0 Å². The number of hydrogen-bond acceptors (Lipinski definition) is 3. The fraction of sp³-hybridized carbons (Fsp3) is 0.250. The zero-order valence-corrected chi connectivity index (χ0v) is 4.72. The largest absolute Gasteiger partial charge is 0.425 e. The molecule has 0 radical (unpaired) electrons. The monoisotopic (exact) mass is 129 g/mol. The summed E-state index contributed by atoms with van der Waals surface area (Å²) in [6, 6.07) is 0. The highest BCUT2D eigenvalue weighted by Gasteiger charge is 2.39. The van der Waals surface area contributed by atoms with Crippen molar-refractivity contribution in [1.82, 2.24) is 4.31 Å². The van der Waals surface area contributed by atoms with E-state index in [2.05, 4.69) is 4.74 Å². The predicted octanol–water partition coefficient (Wildman–Crippen LogP) is 0.940. The van der Waals surface area contributed by atoms with Crippen LogP contribution < -0.4 is 0 Å². The minimum atomic E-state index is -0.231. The summed E-state index contributed by atoms with van der Waals surface area (Å²) >= 11 is 1.38. The normalized spacial score (nSPS) is 31.8. The number of fused-ring (bicyclic) bond motifs is 1. The molecule has 8 heavy (non-hydrogen) atoms. The van der Waals surface area contributed by atoms with Gasteiger partial charge in [0, 0.05) is 0 Å². The van der Waals surface area contributed by atoms with E-state index in [0.29, 0.717) is 0 Å².